The van der Waals surface area contributed by atoms with Gasteiger partial charge >= 0.3 is 0 Å². The summed E-state index contributed by atoms with van der Waals surface area (Å²) in [5, 5.41) is 4.82. The topological polar surface area (TPSA) is 65.8 Å². The normalized spacial score (nSPS) is 18.0. The monoisotopic (exact) mass is 481 g/mol. The van der Waals surface area contributed by atoms with Gasteiger partial charge in [0.25, 0.3) is 0 Å². The number of rotatable bonds is 6. The van der Waals surface area contributed by atoms with Crippen molar-refractivity contribution in [2.45, 2.75) is 38.5 Å². The summed E-state index contributed by atoms with van der Waals surface area (Å²) >= 11 is 6.27. The van der Waals surface area contributed by atoms with E-state index in [4.69, 9.17) is 25.8 Å². The molecule has 5 rings (SSSR count). The minimum atomic E-state index is -0.00798. The molecule has 0 spiro atoms. The molecular formula is C26H28ClN3O4. The van der Waals surface area contributed by atoms with Crippen molar-refractivity contribution in [1.82, 2.24) is 14.7 Å². The summed E-state index contributed by atoms with van der Waals surface area (Å²) in [6, 6.07) is 13.6. The first-order valence-corrected chi connectivity index (χ1v) is 12.1. The molecule has 3 heterocycles. The highest BCUT2D eigenvalue weighted by molar-refractivity contribution is 6.30. The number of carbonyl (C=O) groups excluding carboxylic acids is 1. The number of hydrogen-bond acceptors (Lipinski definition) is 5. The Labute approximate surface area is 204 Å². The van der Waals surface area contributed by atoms with Crippen LogP contribution in [0.4, 0.5) is 0 Å². The minimum absolute atomic E-state index is 0.00798. The van der Waals surface area contributed by atoms with Gasteiger partial charge in [-0.3, -0.25) is 9.48 Å². The van der Waals surface area contributed by atoms with E-state index in [1.54, 1.807) is 17.1 Å². The number of aromatic nitrogens is 2. The molecule has 0 aliphatic carbocycles. The fraction of sp³-hybridized carbons (Fsp3) is 0.385. The summed E-state index contributed by atoms with van der Waals surface area (Å²) in [5.74, 6) is 1.35. The lowest BCUT2D eigenvalue weighted by Gasteiger charge is -2.24. The molecule has 8 heteroatoms. The van der Waals surface area contributed by atoms with E-state index in [1.807, 2.05) is 41.3 Å². The molecule has 2 aliphatic rings. The van der Waals surface area contributed by atoms with Crippen LogP contribution in [0.2, 0.25) is 5.02 Å². The highest BCUT2D eigenvalue weighted by Crippen LogP contribution is 2.39. The van der Waals surface area contributed by atoms with Crippen molar-refractivity contribution in [2.24, 2.45) is 0 Å². The fourth-order valence-corrected chi connectivity index (χ4v) is 4.58. The van der Waals surface area contributed by atoms with Crippen LogP contribution in [0, 0.1) is 0 Å². The lowest BCUT2D eigenvalue weighted by molar-refractivity contribution is -0.132. The predicted molar refractivity (Wildman–Crippen MR) is 129 cm³/mol. The highest BCUT2D eigenvalue weighted by Gasteiger charge is 2.25. The molecule has 34 heavy (non-hydrogen) atoms. The van der Waals surface area contributed by atoms with E-state index in [2.05, 4.69) is 11.2 Å². The van der Waals surface area contributed by atoms with Crippen LogP contribution in [-0.4, -0.2) is 53.1 Å². The van der Waals surface area contributed by atoms with Crippen LogP contribution >= 0.6 is 11.6 Å². The Morgan fingerprint density at radius 1 is 1.15 bits per heavy atom. The second-order valence-corrected chi connectivity index (χ2v) is 9.08. The average molecular weight is 482 g/mol. The van der Waals surface area contributed by atoms with Crippen LogP contribution in [0.1, 0.15) is 24.8 Å². The molecule has 2 aliphatic heterocycles. The van der Waals surface area contributed by atoms with Crippen molar-refractivity contribution in [3.63, 3.8) is 0 Å². The average Bonchev–Trinajstić information content (AvgIpc) is 3.26. The number of carbonyl (C=O) groups is 1. The Hall–Kier alpha value is -3.03. The van der Waals surface area contributed by atoms with Gasteiger partial charge in [-0.1, -0.05) is 23.7 Å². The lowest BCUT2D eigenvalue weighted by atomic mass is 10.0. The first-order valence-electron chi connectivity index (χ1n) is 11.7. The first kappa shape index (κ1) is 22.7. The predicted octanol–water partition coefficient (Wildman–Crippen LogP) is 4.57. The zero-order valence-electron chi connectivity index (χ0n) is 19.0. The minimum Gasteiger partial charge on any atom is -0.487 e. The van der Waals surface area contributed by atoms with Gasteiger partial charge in [-0.2, -0.15) is 5.10 Å². The maximum Gasteiger partial charge on any atom is 0.244 e. The Bertz CT molecular complexity index is 1130. The second kappa shape index (κ2) is 10.5. The number of fused-ring (bicyclic) bond motifs is 1. The molecule has 0 bridgehead atoms. The van der Waals surface area contributed by atoms with Crippen LogP contribution in [0.5, 0.6) is 11.5 Å². The number of halogens is 1. The molecule has 1 atom stereocenters. The molecule has 178 valence electrons. The number of amides is 1. The van der Waals surface area contributed by atoms with Gasteiger partial charge in [0.05, 0.1) is 12.6 Å². The van der Waals surface area contributed by atoms with E-state index in [-0.39, 0.29) is 18.6 Å². The quantitative estimate of drug-likeness (QED) is 0.516. The third-order valence-electron chi connectivity index (χ3n) is 6.17. The van der Waals surface area contributed by atoms with Gasteiger partial charge in [-0.05, 0) is 60.7 Å². The van der Waals surface area contributed by atoms with Crippen LogP contribution in [0.3, 0.4) is 0 Å². The van der Waals surface area contributed by atoms with Crippen LogP contribution in [-0.2, 0) is 22.6 Å². The molecule has 1 amide bonds. The zero-order chi connectivity index (χ0) is 23.3. The smallest absolute Gasteiger partial charge is 0.244 e. The van der Waals surface area contributed by atoms with Gasteiger partial charge in [0.15, 0.2) is 11.5 Å². The summed E-state index contributed by atoms with van der Waals surface area (Å²) < 4.78 is 19.9. The molecule has 0 radical (unpaired) electrons. The molecule has 1 fully saturated rings. The van der Waals surface area contributed by atoms with Gasteiger partial charge in [0.2, 0.25) is 5.91 Å². The van der Waals surface area contributed by atoms with Crippen molar-refractivity contribution in [3.05, 3.63) is 65.4 Å². The van der Waals surface area contributed by atoms with Gasteiger partial charge < -0.3 is 19.1 Å². The van der Waals surface area contributed by atoms with Crippen LogP contribution in [0.15, 0.2) is 54.9 Å². The summed E-state index contributed by atoms with van der Waals surface area (Å²) in [5.41, 5.74) is 2.85. The zero-order valence-corrected chi connectivity index (χ0v) is 19.7. The summed E-state index contributed by atoms with van der Waals surface area (Å²) in [4.78, 5) is 14.8. The van der Waals surface area contributed by atoms with Crippen molar-refractivity contribution in [1.29, 1.82) is 0 Å². The molecular weight excluding hydrogens is 454 g/mol. The molecule has 0 unspecified atom stereocenters. The number of hydrogen-bond donors (Lipinski definition) is 0. The third kappa shape index (κ3) is 5.37. The van der Waals surface area contributed by atoms with E-state index in [1.165, 1.54) is 0 Å². The van der Waals surface area contributed by atoms with Crippen LogP contribution < -0.4 is 9.47 Å². The van der Waals surface area contributed by atoms with Gasteiger partial charge in [-0.15, -0.1) is 0 Å². The van der Waals surface area contributed by atoms with Crippen LogP contribution in [0.25, 0.3) is 11.1 Å². The summed E-state index contributed by atoms with van der Waals surface area (Å²) in [6.07, 6.45) is 6.78. The maximum absolute atomic E-state index is 13.0. The molecule has 3 aromatic rings. The number of benzene rings is 2. The van der Waals surface area contributed by atoms with E-state index >= 15 is 0 Å². The van der Waals surface area contributed by atoms with E-state index in [0.29, 0.717) is 42.8 Å². The Balaban J connectivity index is 1.44. The van der Waals surface area contributed by atoms with E-state index < -0.39 is 0 Å². The van der Waals surface area contributed by atoms with Crippen molar-refractivity contribution in [2.75, 3.05) is 26.4 Å². The van der Waals surface area contributed by atoms with E-state index in [0.717, 1.165) is 42.6 Å². The molecule has 2 aromatic carbocycles. The largest absolute Gasteiger partial charge is 0.487 e. The van der Waals surface area contributed by atoms with Gasteiger partial charge in [-0.25, -0.2) is 0 Å². The molecule has 1 aromatic heterocycles. The van der Waals surface area contributed by atoms with Crippen molar-refractivity contribution in [3.8, 4) is 22.6 Å². The molecule has 1 saturated heterocycles. The van der Waals surface area contributed by atoms with Gasteiger partial charge in [0, 0.05) is 36.1 Å². The standard InChI is InChI=1S/C26H28ClN3O4/c27-22-6-3-5-19(14-22)20-13-21-16-29(25(31)17-30-9-4-8-28-30)10-12-33-26(21)24(15-20)34-18-23-7-1-2-11-32-23/h3-6,8-9,13-15,23H,1-2,7,10-12,16-18H2/t23-/m1/s1. The van der Waals surface area contributed by atoms with Crippen molar-refractivity contribution >= 4 is 17.5 Å². The SMILES string of the molecule is O=C(Cn1cccn1)N1CCOc2c(cc(-c3cccc(Cl)c3)cc2OC[C@H]2CCCCO2)C1. The summed E-state index contributed by atoms with van der Waals surface area (Å²) in [6.45, 7) is 2.76. The molecule has 0 N–H and O–H groups in total. The van der Waals surface area contributed by atoms with E-state index in [9.17, 15) is 4.79 Å². The third-order valence-corrected chi connectivity index (χ3v) is 6.40. The molecule has 7 nitrogen and oxygen atoms in total. The number of nitrogens with zero attached hydrogens (tertiary/aromatic N) is 3. The Morgan fingerprint density at radius 2 is 2.09 bits per heavy atom. The fourth-order valence-electron chi connectivity index (χ4n) is 4.39. The second-order valence-electron chi connectivity index (χ2n) is 8.64. The highest BCUT2D eigenvalue weighted by atomic mass is 35.5. The maximum atomic E-state index is 13.0. The van der Waals surface area contributed by atoms with Crippen molar-refractivity contribution < 1.29 is 19.0 Å². The summed E-state index contributed by atoms with van der Waals surface area (Å²) in [7, 11) is 0. The van der Waals surface area contributed by atoms with Gasteiger partial charge in [0.1, 0.15) is 19.8 Å². The number of ether oxygens (including phenoxy) is 3. The Morgan fingerprint density at radius 3 is 2.88 bits per heavy atom. The first-order chi connectivity index (χ1) is 16.7. The lowest BCUT2D eigenvalue weighted by Crippen LogP contribution is -2.35. The Kier molecular flexibility index (Phi) is 7.02. The molecule has 0 saturated carbocycles.